The van der Waals surface area contributed by atoms with E-state index in [4.69, 9.17) is 5.73 Å². The van der Waals surface area contributed by atoms with Crippen molar-refractivity contribution in [3.8, 4) is 0 Å². The second kappa shape index (κ2) is 3.61. The van der Waals surface area contributed by atoms with Gasteiger partial charge in [0, 0.05) is 12.5 Å². The van der Waals surface area contributed by atoms with Crippen molar-refractivity contribution in [1.82, 2.24) is 14.7 Å². The normalized spacial score (nSPS) is 16.5. The largest absolute Gasteiger partial charge is 0.396 e. The summed E-state index contributed by atoms with van der Waals surface area (Å²) in [6, 6.07) is 0. The number of aromatic nitrogens is 2. The molecule has 78 valence electrons. The molecule has 2 N–H and O–H groups in total. The predicted molar refractivity (Wildman–Crippen MR) is 57.2 cm³/mol. The van der Waals surface area contributed by atoms with E-state index < -0.39 is 0 Å². The van der Waals surface area contributed by atoms with Gasteiger partial charge in [-0.2, -0.15) is 5.10 Å². The van der Waals surface area contributed by atoms with E-state index in [2.05, 4.69) is 28.8 Å². The fourth-order valence-corrected chi connectivity index (χ4v) is 1.69. The Balaban J connectivity index is 2.08. The molecule has 0 atom stereocenters. The first-order valence-corrected chi connectivity index (χ1v) is 5.14. The number of nitrogens with two attached hydrogens (primary N) is 1. The van der Waals surface area contributed by atoms with Gasteiger partial charge in [0.1, 0.15) is 0 Å². The van der Waals surface area contributed by atoms with Gasteiger partial charge in [0.2, 0.25) is 0 Å². The molecule has 1 saturated carbocycles. The maximum atomic E-state index is 5.89. The van der Waals surface area contributed by atoms with Crippen LogP contribution in [0.2, 0.25) is 0 Å². The highest BCUT2D eigenvalue weighted by atomic mass is 15.3. The molecular formula is C10H18N4. The third kappa shape index (κ3) is 1.90. The van der Waals surface area contributed by atoms with Crippen LogP contribution in [0.15, 0.2) is 6.20 Å². The molecule has 0 aromatic carbocycles. The molecule has 0 amide bonds. The van der Waals surface area contributed by atoms with Crippen molar-refractivity contribution in [3.63, 3.8) is 0 Å². The number of hydrogen-bond acceptors (Lipinski definition) is 3. The SMILES string of the molecule is CN(C)CCn1ncc(N)c1C1CC1. The lowest BCUT2D eigenvalue weighted by Gasteiger charge is -2.11. The Kier molecular flexibility index (Phi) is 2.46. The summed E-state index contributed by atoms with van der Waals surface area (Å²) in [5.41, 5.74) is 8.01. The van der Waals surface area contributed by atoms with Crippen molar-refractivity contribution in [3.05, 3.63) is 11.9 Å². The van der Waals surface area contributed by atoms with Crippen molar-refractivity contribution in [2.75, 3.05) is 26.4 Å². The van der Waals surface area contributed by atoms with E-state index in [9.17, 15) is 0 Å². The molecule has 0 spiro atoms. The van der Waals surface area contributed by atoms with Crippen molar-refractivity contribution >= 4 is 5.69 Å². The molecule has 1 fully saturated rings. The average Bonchev–Trinajstić information content (AvgIpc) is 2.88. The van der Waals surface area contributed by atoms with Crippen LogP contribution in [0, 0.1) is 0 Å². The summed E-state index contributed by atoms with van der Waals surface area (Å²) < 4.78 is 2.06. The van der Waals surface area contributed by atoms with Gasteiger partial charge in [-0.05, 0) is 26.9 Å². The first kappa shape index (κ1) is 9.52. The van der Waals surface area contributed by atoms with E-state index in [1.54, 1.807) is 6.20 Å². The molecule has 1 aliphatic carbocycles. The molecule has 1 heterocycles. The summed E-state index contributed by atoms with van der Waals surface area (Å²) >= 11 is 0. The predicted octanol–water partition coefficient (Wildman–Crippen LogP) is 0.904. The highest BCUT2D eigenvalue weighted by Gasteiger charge is 2.29. The molecule has 0 radical (unpaired) electrons. The van der Waals surface area contributed by atoms with E-state index in [1.165, 1.54) is 18.5 Å². The van der Waals surface area contributed by atoms with Gasteiger partial charge in [-0.3, -0.25) is 4.68 Å². The minimum atomic E-state index is 0.680. The lowest BCUT2D eigenvalue weighted by molar-refractivity contribution is 0.369. The number of anilines is 1. The van der Waals surface area contributed by atoms with Crippen LogP contribution >= 0.6 is 0 Å². The van der Waals surface area contributed by atoms with Crippen molar-refractivity contribution < 1.29 is 0 Å². The monoisotopic (exact) mass is 194 g/mol. The van der Waals surface area contributed by atoms with Crippen LogP contribution in [0.1, 0.15) is 24.5 Å². The first-order valence-electron chi connectivity index (χ1n) is 5.14. The van der Waals surface area contributed by atoms with Crippen LogP contribution in [0.5, 0.6) is 0 Å². The Labute approximate surface area is 84.7 Å². The van der Waals surface area contributed by atoms with Gasteiger partial charge in [-0.25, -0.2) is 0 Å². The molecule has 2 rings (SSSR count). The topological polar surface area (TPSA) is 47.1 Å². The summed E-state index contributed by atoms with van der Waals surface area (Å²) in [5, 5.41) is 4.31. The zero-order chi connectivity index (χ0) is 10.1. The standard InChI is InChI=1S/C10H18N4/c1-13(2)5-6-14-10(8-3-4-8)9(11)7-12-14/h7-8H,3-6,11H2,1-2H3. The van der Waals surface area contributed by atoms with E-state index >= 15 is 0 Å². The Hall–Kier alpha value is -1.03. The number of likely N-dealkylation sites (N-methyl/N-ethyl adjacent to an activating group) is 1. The number of nitrogen functional groups attached to an aromatic ring is 1. The zero-order valence-corrected chi connectivity index (χ0v) is 8.90. The minimum absolute atomic E-state index is 0.680. The molecule has 1 aliphatic rings. The van der Waals surface area contributed by atoms with Gasteiger partial charge < -0.3 is 10.6 Å². The molecule has 1 aromatic heterocycles. The summed E-state index contributed by atoms with van der Waals surface area (Å²) in [5.74, 6) is 0.680. The maximum absolute atomic E-state index is 5.89. The van der Waals surface area contributed by atoms with Gasteiger partial charge >= 0.3 is 0 Å². The molecule has 0 unspecified atom stereocenters. The third-order valence-corrected chi connectivity index (χ3v) is 2.63. The van der Waals surface area contributed by atoms with Crippen LogP contribution in [0.4, 0.5) is 5.69 Å². The van der Waals surface area contributed by atoms with Crippen LogP contribution in [0.3, 0.4) is 0 Å². The Bertz CT molecular complexity index is 312. The lowest BCUT2D eigenvalue weighted by Crippen LogP contribution is -2.20. The van der Waals surface area contributed by atoms with E-state index in [-0.39, 0.29) is 0 Å². The molecule has 14 heavy (non-hydrogen) atoms. The molecule has 4 heteroatoms. The molecule has 0 aliphatic heterocycles. The van der Waals surface area contributed by atoms with E-state index in [0.717, 1.165) is 18.8 Å². The zero-order valence-electron chi connectivity index (χ0n) is 8.90. The van der Waals surface area contributed by atoms with Crippen molar-refractivity contribution in [2.45, 2.75) is 25.3 Å². The van der Waals surface area contributed by atoms with Crippen LogP contribution in [-0.2, 0) is 6.54 Å². The van der Waals surface area contributed by atoms with Crippen LogP contribution in [-0.4, -0.2) is 35.3 Å². The van der Waals surface area contributed by atoms with Crippen LogP contribution < -0.4 is 5.73 Å². The average molecular weight is 194 g/mol. The summed E-state index contributed by atoms with van der Waals surface area (Å²) in [4.78, 5) is 2.16. The molecule has 0 bridgehead atoms. The summed E-state index contributed by atoms with van der Waals surface area (Å²) in [6.45, 7) is 1.96. The highest BCUT2D eigenvalue weighted by Crippen LogP contribution is 2.42. The number of hydrogen-bond donors (Lipinski definition) is 1. The van der Waals surface area contributed by atoms with Crippen LogP contribution in [0.25, 0.3) is 0 Å². The van der Waals surface area contributed by atoms with Gasteiger partial charge in [0.05, 0.1) is 24.1 Å². The van der Waals surface area contributed by atoms with Gasteiger partial charge in [-0.1, -0.05) is 0 Å². The van der Waals surface area contributed by atoms with Crippen molar-refractivity contribution in [1.29, 1.82) is 0 Å². The smallest absolute Gasteiger partial charge is 0.0736 e. The second-order valence-electron chi connectivity index (χ2n) is 4.29. The summed E-state index contributed by atoms with van der Waals surface area (Å²) in [7, 11) is 4.15. The maximum Gasteiger partial charge on any atom is 0.0736 e. The lowest BCUT2D eigenvalue weighted by atomic mass is 10.2. The molecular weight excluding hydrogens is 176 g/mol. The molecule has 4 nitrogen and oxygen atoms in total. The highest BCUT2D eigenvalue weighted by molar-refractivity contribution is 5.44. The van der Waals surface area contributed by atoms with Crippen molar-refractivity contribution in [2.24, 2.45) is 0 Å². The summed E-state index contributed by atoms with van der Waals surface area (Å²) in [6.07, 6.45) is 4.33. The molecule has 1 aromatic rings. The third-order valence-electron chi connectivity index (χ3n) is 2.63. The van der Waals surface area contributed by atoms with Gasteiger partial charge in [-0.15, -0.1) is 0 Å². The van der Waals surface area contributed by atoms with Gasteiger partial charge in [0.25, 0.3) is 0 Å². The number of nitrogens with zero attached hydrogens (tertiary/aromatic N) is 3. The Morgan fingerprint density at radius 2 is 2.29 bits per heavy atom. The Morgan fingerprint density at radius 3 is 2.86 bits per heavy atom. The Morgan fingerprint density at radius 1 is 1.57 bits per heavy atom. The fraction of sp³-hybridized carbons (Fsp3) is 0.700. The minimum Gasteiger partial charge on any atom is -0.396 e. The quantitative estimate of drug-likeness (QED) is 0.774. The number of rotatable bonds is 4. The van der Waals surface area contributed by atoms with E-state index in [0.29, 0.717) is 5.92 Å². The fourth-order valence-electron chi connectivity index (χ4n) is 1.69. The second-order valence-corrected chi connectivity index (χ2v) is 4.29. The molecule has 0 saturated heterocycles. The first-order chi connectivity index (χ1) is 6.68. The van der Waals surface area contributed by atoms with E-state index in [1.807, 2.05) is 0 Å². The van der Waals surface area contributed by atoms with Gasteiger partial charge in [0.15, 0.2) is 0 Å².